The molecule has 31 heteroatoms. The van der Waals surface area contributed by atoms with Gasteiger partial charge in [-0.15, -0.1) is 0 Å². The van der Waals surface area contributed by atoms with Crippen molar-refractivity contribution in [2.45, 2.75) is 0 Å². The fourth-order valence-corrected chi connectivity index (χ4v) is 5.84. The number of phosphoric acid groups is 4. The first-order valence-corrected chi connectivity index (χ1v) is 20.4. The zero-order valence-corrected chi connectivity index (χ0v) is 35.6. The SMILES string of the molecule is O.O.O.O.O.O=P([O-])(O)OP(=O)([O-])O.O=P([O-])(O)OP(=O)([O-])O.[Cu+2].[Cu+2].c1ccc(-c2cccc(-c3ccccn3)n2)nc1.c1ccc(-c2cccc(-c3ccccn3)n2)nc1. The number of pyridine rings is 6. The number of rotatable bonds is 8. The number of hydrogen-bond donors (Lipinski definition) is 4. The van der Waals surface area contributed by atoms with E-state index in [0.29, 0.717) is 0 Å². The van der Waals surface area contributed by atoms with Gasteiger partial charge in [-0.1, -0.05) is 36.4 Å². The minimum atomic E-state index is -5.36. The summed E-state index contributed by atoms with van der Waals surface area (Å²) in [5.74, 6) is 0. The Bertz CT molecular complexity index is 1960. The molecule has 0 aliphatic carbocycles. The number of nitrogens with zero attached hydrogens (tertiary/aromatic N) is 6. The van der Waals surface area contributed by atoms with E-state index in [0.717, 1.165) is 45.6 Å². The molecule has 0 aromatic carbocycles. The van der Waals surface area contributed by atoms with Gasteiger partial charge in [-0.25, -0.2) is 18.6 Å². The first-order chi connectivity index (χ1) is 25.3. The van der Waals surface area contributed by atoms with Crippen molar-refractivity contribution in [2.24, 2.45) is 0 Å². The van der Waals surface area contributed by atoms with Gasteiger partial charge in [0, 0.05) is 24.8 Å². The molecule has 6 rings (SSSR count). The van der Waals surface area contributed by atoms with Gasteiger partial charge in [0.05, 0.1) is 45.6 Å². The molecular weight excluding hydrogens is 999 g/mol. The molecule has 0 amide bonds. The van der Waals surface area contributed by atoms with Crippen LogP contribution in [0, 0.1) is 0 Å². The van der Waals surface area contributed by atoms with Gasteiger partial charge in [-0.05, 0) is 72.8 Å². The quantitative estimate of drug-likeness (QED) is 0.0958. The Morgan fingerprint density at radius 2 is 0.525 bits per heavy atom. The van der Waals surface area contributed by atoms with Gasteiger partial charge in [0.25, 0.3) is 31.3 Å². The molecule has 4 atom stereocenters. The first-order valence-electron chi connectivity index (χ1n) is 14.5. The summed E-state index contributed by atoms with van der Waals surface area (Å²) in [5, 5.41) is 0. The zero-order valence-electron chi connectivity index (χ0n) is 30.1. The van der Waals surface area contributed by atoms with Crippen LogP contribution in [-0.2, 0) is 61.0 Å². The Morgan fingerprint density at radius 1 is 0.344 bits per heavy atom. The molecule has 6 heterocycles. The molecule has 0 fully saturated rings. The van der Waals surface area contributed by atoms with Crippen LogP contribution >= 0.6 is 31.3 Å². The second-order valence-electron chi connectivity index (χ2n) is 9.71. The average Bonchev–Trinajstić information content (AvgIpc) is 3.11. The molecule has 25 nitrogen and oxygen atoms in total. The molecule has 6 aromatic heterocycles. The average molecular weight is 1040 g/mol. The third-order valence-electron chi connectivity index (χ3n) is 5.62. The van der Waals surface area contributed by atoms with Gasteiger partial charge in [0.2, 0.25) is 0 Å². The molecule has 0 saturated carbocycles. The van der Waals surface area contributed by atoms with Crippen LogP contribution in [0.4, 0.5) is 0 Å². The second-order valence-corrected chi connectivity index (χ2v) is 14.8. The van der Waals surface area contributed by atoms with E-state index in [9.17, 15) is 37.8 Å². The normalized spacial score (nSPS) is 13.2. The Hall–Kier alpha value is -3.74. The Kier molecular flexibility index (Phi) is 33.9. The summed E-state index contributed by atoms with van der Waals surface area (Å²) in [6.45, 7) is 0. The molecule has 0 spiro atoms. The third kappa shape index (κ3) is 28.5. The maximum Gasteiger partial charge on any atom is 2.00 e. The number of aromatic nitrogens is 6. The molecule has 342 valence electrons. The molecule has 0 aliphatic heterocycles. The monoisotopic (exact) mass is 1030 g/mol. The fraction of sp³-hybridized carbons (Fsp3) is 0. The molecule has 0 saturated heterocycles. The predicted molar refractivity (Wildman–Crippen MR) is 201 cm³/mol. The van der Waals surface area contributed by atoms with Gasteiger partial charge in [-0.3, -0.25) is 38.2 Å². The summed E-state index contributed by atoms with van der Waals surface area (Å²) >= 11 is 0. The minimum absolute atomic E-state index is 0. The van der Waals surface area contributed by atoms with E-state index in [2.05, 4.69) is 38.5 Å². The second kappa shape index (κ2) is 31.2. The van der Waals surface area contributed by atoms with Crippen LogP contribution in [0.25, 0.3) is 45.6 Å². The van der Waals surface area contributed by atoms with Gasteiger partial charge in [0.1, 0.15) is 0 Å². The summed E-state index contributed by atoms with van der Waals surface area (Å²) in [6.07, 6.45) is 7.07. The molecule has 4 unspecified atom stereocenters. The van der Waals surface area contributed by atoms with Crippen molar-refractivity contribution < 1.29 is 128 Å². The Labute approximate surface area is 366 Å². The molecular formula is C30H36Cu2N6O19P4. The number of hydrogen-bond acceptors (Lipinski definition) is 16. The van der Waals surface area contributed by atoms with Crippen LogP contribution < -0.4 is 19.6 Å². The maximum atomic E-state index is 9.48. The molecule has 0 aliphatic rings. The van der Waals surface area contributed by atoms with Gasteiger partial charge < -0.3 is 66.5 Å². The van der Waals surface area contributed by atoms with Crippen LogP contribution in [0.3, 0.4) is 0 Å². The maximum absolute atomic E-state index is 9.48. The van der Waals surface area contributed by atoms with Crippen molar-refractivity contribution >= 4 is 31.3 Å². The molecule has 0 bridgehead atoms. The fourth-order valence-electron chi connectivity index (χ4n) is 3.76. The molecule has 2 radical (unpaired) electrons. The summed E-state index contributed by atoms with van der Waals surface area (Å²) in [7, 11) is -21.5. The van der Waals surface area contributed by atoms with E-state index in [1.165, 1.54) is 0 Å². The summed E-state index contributed by atoms with van der Waals surface area (Å²) in [5.41, 5.74) is 6.92. The van der Waals surface area contributed by atoms with Gasteiger partial charge in [-0.2, -0.15) is 0 Å². The predicted octanol–water partition coefficient (Wildman–Crippen LogP) is -1.87. The van der Waals surface area contributed by atoms with Gasteiger partial charge >= 0.3 is 34.1 Å². The van der Waals surface area contributed by atoms with Crippen molar-refractivity contribution in [3.8, 4) is 45.6 Å². The van der Waals surface area contributed by atoms with Crippen molar-refractivity contribution in [1.82, 2.24) is 29.9 Å². The van der Waals surface area contributed by atoms with E-state index in [1.54, 1.807) is 24.8 Å². The van der Waals surface area contributed by atoms with Crippen LogP contribution in [0.1, 0.15) is 0 Å². The Balaban J connectivity index is -0.000000231. The Morgan fingerprint density at radius 3 is 0.656 bits per heavy atom. The molecule has 14 N–H and O–H groups in total. The van der Waals surface area contributed by atoms with Crippen molar-refractivity contribution in [2.75, 3.05) is 0 Å². The standard InChI is InChI=1S/2C15H11N3.2Cu.2H4O7P2.5H2O/c2*1-3-10-16-12(6-1)14-8-5-9-15(18-14)13-7-2-4-11-17-13;;;2*1-8(2,3)7-9(4,5)6;;;;;/h2*1-11H;;;2*(H2,1,2,3)(H2,4,5,6);5*1H2/q;;2*+2;;;;;;;/p-4. The van der Waals surface area contributed by atoms with E-state index in [1.807, 2.05) is 109 Å². The van der Waals surface area contributed by atoms with E-state index in [4.69, 9.17) is 19.6 Å². The smallest absolute Gasteiger partial charge is 0.756 e. The van der Waals surface area contributed by atoms with E-state index < -0.39 is 31.3 Å². The molecule has 6 aromatic rings. The first kappa shape index (κ1) is 66.4. The van der Waals surface area contributed by atoms with Gasteiger partial charge in [0.15, 0.2) is 0 Å². The van der Waals surface area contributed by atoms with E-state index >= 15 is 0 Å². The minimum Gasteiger partial charge on any atom is -0.756 e. The zero-order chi connectivity index (χ0) is 39.8. The summed E-state index contributed by atoms with van der Waals surface area (Å²) in [4.78, 5) is 94.7. The van der Waals surface area contributed by atoms with Crippen LogP contribution in [-0.4, -0.2) is 76.9 Å². The van der Waals surface area contributed by atoms with Crippen molar-refractivity contribution in [3.63, 3.8) is 0 Å². The van der Waals surface area contributed by atoms with E-state index in [-0.39, 0.29) is 61.5 Å². The third-order valence-corrected chi connectivity index (χ3v) is 8.92. The largest absolute Gasteiger partial charge is 2.00 e. The van der Waals surface area contributed by atoms with Crippen LogP contribution in [0.5, 0.6) is 0 Å². The summed E-state index contributed by atoms with van der Waals surface area (Å²) < 4.78 is 43.4. The van der Waals surface area contributed by atoms with Crippen molar-refractivity contribution in [3.05, 3.63) is 134 Å². The summed E-state index contributed by atoms with van der Waals surface area (Å²) in [6, 6.07) is 35.0. The topological polar surface area (TPSA) is 495 Å². The molecule has 61 heavy (non-hydrogen) atoms. The van der Waals surface area contributed by atoms with Crippen LogP contribution in [0.15, 0.2) is 134 Å². The van der Waals surface area contributed by atoms with Crippen LogP contribution in [0.2, 0.25) is 0 Å². The van der Waals surface area contributed by atoms with Crippen molar-refractivity contribution in [1.29, 1.82) is 0 Å².